The molecule has 0 radical (unpaired) electrons. The van der Waals surface area contributed by atoms with Crippen molar-refractivity contribution < 1.29 is 24.9 Å². The van der Waals surface area contributed by atoms with E-state index in [2.05, 4.69) is 0 Å². The average molecular weight is 204 g/mol. The van der Waals surface area contributed by atoms with Gasteiger partial charge in [-0.25, -0.2) is 0 Å². The number of Topliss-reactive ketones (excluding diaryl/α,β-unsaturated/α-hetero) is 1. The summed E-state index contributed by atoms with van der Waals surface area (Å²) in [5.74, 6) is -0.121. The zero-order chi connectivity index (χ0) is 10.9. The Morgan fingerprint density at radius 3 is 2.29 bits per heavy atom. The monoisotopic (exact) mass is 204 g/mol. The number of hydrogen-bond acceptors (Lipinski definition) is 5. The first-order valence-electron chi connectivity index (χ1n) is 4.62. The van der Waals surface area contributed by atoms with Gasteiger partial charge in [-0.15, -0.1) is 0 Å². The van der Waals surface area contributed by atoms with Crippen LogP contribution in [-0.4, -0.2) is 51.6 Å². The van der Waals surface area contributed by atoms with Crippen molar-refractivity contribution in [2.45, 2.75) is 50.8 Å². The molecule has 1 aliphatic heterocycles. The van der Waals surface area contributed by atoms with Crippen molar-refractivity contribution >= 4 is 5.78 Å². The minimum absolute atomic E-state index is 0.0509. The molecular formula is C9H16O5. The Balaban J connectivity index is 2.65. The van der Waals surface area contributed by atoms with Crippen LogP contribution in [0.1, 0.15) is 20.3 Å². The van der Waals surface area contributed by atoms with Gasteiger partial charge in [0.25, 0.3) is 0 Å². The van der Waals surface area contributed by atoms with Gasteiger partial charge in [0, 0.05) is 6.42 Å². The highest BCUT2D eigenvalue weighted by Crippen LogP contribution is 2.22. The third kappa shape index (κ3) is 2.30. The molecule has 0 aromatic rings. The summed E-state index contributed by atoms with van der Waals surface area (Å²) in [5.41, 5.74) is 0. The summed E-state index contributed by atoms with van der Waals surface area (Å²) in [5, 5.41) is 28.2. The molecule has 1 saturated heterocycles. The lowest BCUT2D eigenvalue weighted by molar-refractivity contribution is -0.217. The highest BCUT2D eigenvalue weighted by atomic mass is 16.5. The molecule has 0 aromatic heterocycles. The minimum Gasteiger partial charge on any atom is -0.388 e. The molecule has 1 fully saturated rings. The topological polar surface area (TPSA) is 87.0 Å². The summed E-state index contributed by atoms with van der Waals surface area (Å²) in [7, 11) is 0. The average Bonchev–Trinajstić information content (AvgIpc) is 2.10. The summed E-state index contributed by atoms with van der Waals surface area (Å²) in [6, 6.07) is 0. The molecule has 5 heteroatoms. The Morgan fingerprint density at radius 2 is 1.79 bits per heavy atom. The lowest BCUT2D eigenvalue weighted by Crippen LogP contribution is -2.56. The minimum atomic E-state index is -1.25. The van der Waals surface area contributed by atoms with Gasteiger partial charge in [-0.2, -0.15) is 0 Å². The Kier molecular flexibility index (Phi) is 3.60. The maximum Gasteiger partial charge on any atom is 0.132 e. The Bertz CT molecular complexity index is 217. The van der Waals surface area contributed by atoms with E-state index < -0.39 is 30.5 Å². The molecule has 0 aliphatic carbocycles. The number of aliphatic hydroxyl groups is 3. The van der Waals surface area contributed by atoms with Crippen molar-refractivity contribution in [3.63, 3.8) is 0 Å². The molecule has 0 amide bonds. The van der Waals surface area contributed by atoms with Crippen molar-refractivity contribution in [1.29, 1.82) is 0 Å². The van der Waals surface area contributed by atoms with Crippen molar-refractivity contribution in [3.05, 3.63) is 0 Å². The molecule has 3 N–H and O–H groups in total. The quantitative estimate of drug-likeness (QED) is 0.528. The van der Waals surface area contributed by atoms with Crippen LogP contribution in [0, 0.1) is 0 Å². The lowest BCUT2D eigenvalue weighted by atomic mass is 9.93. The standard InChI is InChI=1S/C9H16O5/c1-4(10)3-6-8(12)9(13)7(11)5(2)14-6/h5-9,11-13H,3H2,1-2H3/t5-,6+,7+,8+,9+/m1/s1. The van der Waals surface area contributed by atoms with E-state index in [4.69, 9.17) is 4.74 Å². The molecule has 14 heavy (non-hydrogen) atoms. The molecule has 0 spiro atoms. The van der Waals surface area contributed by atoms with E-state index in [0.29, 0.717) is 0 Å². The first-order valence-corrected chi connectivity index (χ1v) is 4.62. The first-order chi connectivity index (χ1) is 6.43. The van der Waals surface area contributed by atoms with Gasteiger partial charge >= 0.3 is 0 Å². The third-order valence-electron chi connectivity index (χ3n) is 2.44. The van der Waals surface area contributed by atoms with E-state index in [9.17, 15) is 20.1 Å². The van der Waals surface area contributed by atoms with Crippen LogP contribution in [0.2, 0.25) is 0 Å². The molecule has 1 rings (SSSR count). The molecule has 82 valence electrons. The van der Waals surface area contributed by atoms with Crippen molar-refractivity contribution in [3.8, 4) is 0 Å². The summed E-state index contributed by atoms with van der Waals surface area (Å²) in [6.07, 6.45) is -4.80. The molecule has 5 atom stereocenters. The van der Waals surface area contributed by atoms with Gasteiger partial charge in [0.2, 0.25) is 0 Å². The summed E-state index contributed by atoms with van der Waals surface area (Å²) >= 11 is 0. The van der Waals surface area contributed by atoms with Crippen LogP contribution >= 0.6 is 0 Å². The second kappa shape index (κ2) is 4.35. The van der Waals surface area contributed by atoms with Crippen molar-refractivity contribution in [1.82, 2.24) is 0 Å². The molecule has 0 saturated carbocycles. The fourth-order valence-corrected chi connectivity index (χ4v) is 1.59. The van der Waals surface area contributed by atoms with Crippen LogP contribution in [0.15, 0.2) is 0 Å². The molecule has 5 nitrogen and oxygen atoms in total. The van der Waals surface area contributed by atoms with E-state index in [0.717, 1.165) is 0 Å². The van der Waals surface area contributed by atoms with Crippen LogP contribution in [0.4, 0.5) is 0 Å². The van der Waals surface area contributed by atoms with Crippen LogP contribution in [0.3, 0.4) is 0 Å². The van der Waals surface area contributed by atoms with Gasteiger partial charge in [0.05, 0.1) is 12.2 Å². The molecule has 0 bridgehead atoms. The highest BCUT2D eigenvalue weighted by Gasteiger charge is 2.41. The Labute approximate surface area is 82.3 Å². The van der Waals surface area contributed by atoms with Crippen LogP contribution < -0.4 is 0 Å². The Hall–Kier alpha value is -0.490. The zero-order valence-electron chi connectivity index (χ0n) is 8.25. The fraction of sp³-hybridized carbons (Fsp3) is 0.889. The molecular weight excluding hydrogens is 188 g/mol. The van der Waals surface area contributed by atoms with Crippen LogP contribution in [0.25, 0.3) is 0 Å². The highest BCUT2D eigenvalue weighted by molar-refractivity contribution is 5.76. The van der Waals surface area contributed by atoms with Gasteiger partial charge in [-0.1, -0.05) is 0 Å². The number of ketones is 1. The first kappa shape index (κ1) is 11.6. The van der Waals surface area contributed by atoms with Gasteiger partial charge in [-0.3, -0.25) is 4.79 Å². The normalized spacial score (nSPS) is 43.6. The van der Waals surface area contributed by atoms with Gasteiger partial charge in [0.15, 0.2) is 0 Å². The molecule has 1 aliphatic rings. The number of aliphatic hydroxyl groups excluding tert-OH is 3. The van der Waals surface area contributed by atoms with E-state index >= 15 is 0 Å². The Morgan fingerprint density at radius 1 is 1.21 bits per heavy atom. The number of carbonyl (C=O) groups is 1. The van der Waals surface area contributed by atoms with E-state index in [1.165, 1.54) is 6.92 Å². The predicted molar refractivity (Wildman–Crippen MR) is 47.7 cm³/mol. The molecule has 0 unspecified atom stereocenters. The second-order valence-corrected chi connectivity index (χ2v) is 3.76. The van der Waals surface area contributed by atoms with E-state index in [1.54, 1.807) is 6.92 Å². The number of carbonyl (C=O) groups excluding carboxylic acids is 1. The molecule has 1 heterocycles. The number of hydrogen-bond donors (Lipinski definition) is 3. The fourth-order valence-electron chi connectivity index (χ4n) is 1.59. The van der Waals surface area contributed by atoms with E-state index in [-0.39, 0.29) is 12.2 Å². The van der Waals surface area contributed by atoms with Gasteiger partial charge < -0.3 is 20.1 Å². The third-order valence-corrected chi connectivity index (χ3v) is 2.44. The lowest BCUT2D eigenvalue weighted by Gasteiger charge is -2.39. The summed E-state index contributed by atoms with van der Waals surface area (Å²) < 4.78 is 5.21. The smallest absolute Gasteiger partial charge is 0.132 e. The second-order valence-electron chi connectivity index (χ2n) is 3.76. The van der Waals surface area contributed by atoms with Crippen molar-refractivity contribution in [2.24, 2.45) is 0 Å². The summed E-state index contributed by atoms with van der Waals surface area (Å²) in [4.78, 5) is 10.8. The molecule has 0 aromatic carbocycles. The number of ether oxygens (including phenoxy) is 1. The summed E-state index contributed by atoms with van der Waals surface area (Å²) in [6.45, 7) is 2.98. The number of rotatable bonds is 2. The maximum absolute atomic E-state index is 10.8. The SMILES string of the molecule is CC(=O)C[C@@H]1O[C@H](C)[C@H](O)[C@H](O)[C@H]1O. The van der Waals surface area contributed by atoms with Crippen LogP contribution in [-0.2, 0) is 9.53 Å². The zero-order valence-corrected chi connectivity index (χ0v) is 8.25. The van der Waals surface area contributed by atoms with Gasteiger partial charge in [0.1, 0.15) is 24.1 Å². The predicted octanol–water partition coefficient (Wildman–Crippen LogP) is -1.16. The van der Waals surface area contributed by atoms with Crippen LogP contribution in [0.5, 0.6) is 0 Å². The van der Waals surface area contributed by atoms with E-state index in [1.807, 2.05) is 0 Å². The maximum atomic E-state index is 10.8. The van der Waals surface area contributed by atoms with Gasteiger partial charge in [-0.05, 0) is 13.8 Å². The van der Waals surface area contributed by atoms with Crippen molar-refractivity contribution in [2.75, 3.05) is 0 Å². The largest absolute Gasteiger partial charge is 0.388 e.